The van der Waals surface area contributed by atoms with E-state index >= 15 is 0 Å². The minimum atomic E-state index is -0.637. The average Bonchev–Trinajstić information content (AvgIpc) is 2.46. The van der Waals surface area contributed by atoms with E-state index in [1.807, 2.05) is 0 Å². The summed E-state index contributed by atoms with van der Waals surface area (Å²) in [5, 5.41) is 19.9. The maximum atomic E-state index is 12.4. The molecular formula is C12H13ClN2O5. The van der Waals surface area contributed by atoms with Crippen molar-refractivity contribution in [3.8, 4) is 0 Å². The quantitative estimate of drug-likeness (QED) is 0.666. The summed E-state index contributed by atoms with van der Waals surface area (Å²) in [5.41, 5.74) is -0.257. The Balaban J connectivity index is 2.33. The molecule has 1 amide bonds. The Bertz CT molecular complexity index is 537. The summed E-state index contributed by atoms with van der Waals surface area (Å²) in [6, 6.07) is 3.61. The molecule has 0 spiro atoms. The van der Waals surface area contributed by atoms with E-state index in [0.717, 1.165) is 0 Å². The minimum absolute atomic E-state index is 0.0567. The molecular weight excluding hydrogens is 288 g/mol. The lowest BCUT2D eigenvalue weighted by Crippen LogP contribution is -2.50. The number of hydrogen-bond donors (Lipinski definition) is 1. The molecule has 1 saturated heterocycles. The molecule has 1 aliphatic heterocycles. The average molecular weight is 301 g/mol. The topological polar surface area (TPSA) is 92.9 Å². The van der Waals surface area contributed by atoms with Gasteiger partial charge in [-0.25, -0.2) is 0 Å². The van der Waals surface area contributed by atoms with Gasteiger partial charge < -0.3 is 14.7 Å². The number of nitro benzene ring substituents is 1. The second-order valence-electron chi connectivity index (χ2n) is 4.31. The summed E-state index contributed by atoms with van der Waals surface area (Å²) >= 11 is 5.93. The third-order valence-electron chi connectivity index (χ3n) is 3.10. The Morgan fingerprint density at radius 2 is 2.35 bits per heavy atom. The highest BCUT2D eigenvalue weighted by molar-refractivity contribution is 6.35. The molecule has 1 aliphatic rings. The van der Waals surface area contributed by atoms with Crippen LogP contribution in [0, 0.1) is 10.1 Å². The van der Waals surface area contributed by atoms with Crippen LogP contribution in [0.3, 0.4) is 0 Å². The fourth-order valence-electron chi connectivity index (χ4n) is 2.05. The highest BCUT2D eigenvalue weighted by Gasteiger charge is 2.30. The lowest BCUT2D eigenvalue weighted by Gasteiger charge is -2.34. The molecule has 108 valence electrons. The molecule has 1 unspecified atom stereocenters. The number of morpholine rings is 1. The van der Waals surface area contributed by atoms with Gasteiger partial charge in [-0.05, 0) is 6.07 Å². The monoisotopic (exact) mass is 300 g/mol. The van der Waals surface area contributed by atoms with E-state index < -0.39 is 16.9 Å². The smallest absolute Gasteiger partial charge is 0.288 e. The van der Waals surface area contributed by atoms with Crippen molar-refractivity contribution in [1.82, 2.24) is 4.90 Å². The van der Waals surface area contributed by atoms with Crippen LogP contribution in [-0.2, 0) is 4.74 Å². The Hall–Kier alpha value is -1.70. The van der Waals surface area contributed by atoms with E-state index in [-0.39, 0.29) is 29.5 Å². The highest BCUT2D eigenvalue weighted by Crippen LogP contribution is 2.29. The van der Waals surface area contributed by atoms with Gasteiger partial charge in [-0.2, -0.15) is 0 Å². The van der Waals surface area contributed by atoms with Crippen molar-refractivity contribution in [2.75, 3.05) is 26.4 Å². The Labute approximate surface area is 119 Å². The molecule has 1 atom stereocenters. The van der Waals surface area contributed by atoms with Gasteiger partial charge in [0.05, 0.1) is 36.3 Å². The van der Waals surface area contributed by atoms with Crippen LogP contribution >= 0.6 is 11.6 Å². The summed E-state index contributed by atoms with van der Waals surface area (Å²) in [4.78, 5) is 24.0. The summed E-state index contributed by atoms with van der Waals surface area (Å²) in [5.74, 6) is -0.443. The maximum absolute atomic E-state index is 12.4. The van der Waals surface area contributed by atoms with E-state index in [1.54, 1.807) is 0 Å². The fourth-order valence-corrected chi connectivity index (χ4v) is 2.33. The van der Waals surface area contributed by atoms with Gasteiger partial charge in [-0.1, -0.05) is 17.7 Å². The number of halogens is 1. The summed E-state index contributed by atoms with van der Waals surface area (Å²) in [6.07, 6.45) is 0. The molecule has 1 aromatic rings. The van der Waals surface area contributed by atoms with Crippen molar-refractivity contribution in [2.45, 2.75) is 6.04 Å². The molecule has 7 nitrogen and oxygen atoms in total. The molecule has 0 aliphatic carbocycles. The van der Waals surface area contributed by atoms with Gasteiger partial charge in [0, 0.05) is 12.6 Å². The molecule has 1 N–H and O–H groups in total. The number of aliphatic hydroxyl groups excluding tert-OH is 1. The van der Waals surface area contributed by atoms with Gasteiger partial charge in [0.25, 0.3) is 11.6 Å². The van der Waals surface area contributed by atoms with Gasteiger partial charge >= 0.3 is 0 Å². The predicted molar refractivity (Wildman–Crippen MR) is 70.8 cm³/mol. The molecule has 8 heteroatoms. The number of hydrogen-bond acceptors (Lipinski definition) is 5. The predicted octanol–water partition coefficient (Wildman–Crippen LogP) is 1.08. The zero-order valence-corrected chi connectivity index (χ0v) is 11.2. The third kappa shape index (κ3) is 2.74. The minimum Gasteiger partial charge on any atom is -0.394 e. The highest BCUT2D eigenvalue weighted by atomic mass is 35.5. The number of aliphatic hydroxyl groups is 1. The van der Waals surface area contributed by atoms with Gasteiger partial charge in [0.2, 0.25) is 0 Å². The SMILES string of the molecule is O=C(c1cccc([N+](=O)[O-])c1Cl)N1CCOCC1CO. The van der Waals surface area contributed by atoms with E-state index in [0.29, 0.717) is 13.2 Å². The number of nitro groups is 1. The van der Waals surface area contributed by atoms with Crippen LogP contribution in [0.15, 0.2) is 18.2 Å². The second-order valence-corrected chi connectivity index (χ2v) is 4.68. The summed E-state index contributed by atoms with van der Waals surface area (Å²) in [7, 11) is 0. The van der Waals surface area contributed by atoms with Crippen LogP contribution in [0.2, 0.25) is 5.02 Å². The lowest BCUT2D eigenvalue weighted by atomic mass is 10.1. The van der Waals surface area contributed by atoms with Crippen molar-refractivity contribution < 1.29 is 19.6 Å². The van der Waals surface area contributed by atoms with Gasteiger partial charge in [0.1, 0.15) is 5.02 Å². The number of carbonyl (C=O) groups is 1. The number of ether oxygens (including phenoxy) is 1. The molecule has 1 aromatic carbocycles. The Morgan fingerprint density at radius 1 is 1.60 bits per heavy atom. The first kappa shape index (κ1) is 14.7. The summed E-state index contributed by atoms with van der Waals surface area (Å²) in [6.45, 7) is 0.658. The molecule has 0 aromatic heterocycles. The van der Waals surface area contributed by atoms with Crippen molar-refractivity contribution >= 4 is 23.2 Å². The van der Waals surface area contributed by atoms with Crippen molar-refractivity contribution in [2.24, 2.45) is 0 Å². The molecule has 1 heterocycles. The third-order valence-corrected chi connectivity index (χ3v) is 3.50. The normalized spacial score (nSPS) is 18.9. The van der Waals surface area contributed by atoms with Crippen molar-refractivity contribution in [1.29, 1.82) is 0 Å². The lowest BCUT2D eigenvalue weighted by molar-refractivity contribution is -0.384. The number of carbonyl (C=O) groups excluding carboxylic acids is 1. The number of nitrogens with zero attached hydrogens (tertiary/aromatic N) is 2. The Kier molecular flexibility index (Phi) is 4.53. The number of benzene rings is 1. The van der Waals surface area contributed by atoms with Gasteiger partial charge in [-0.15, -0.1) is 0 Å². The standard InChI is InChI=1S/C12H13ClN2O5/c13-11-9(2-1-3-10(11)15(18)19)12(17)14-4-5-20-7-8(14)6-16/h1-3,8,16H,4-7H2. The largest absolute Gasteiger partial charge is 0.394 e. The van der Waals surface area contributed by atoms with Crippen LogP contribution in [0.25, 0.3) is 0 Å². The first-order valence-corrected chi connectivity index (χ1v) is 6.36. The van der Waals surface area contributed by atoms with E-state index in [4.69, 9.17) is 16.3 Å². The first-order chi connectivity index (χ1) is 9.56. The van der Waals surface area contributed by atoms with Gasteiger partial charge in [0.15, 0.2) is 0 Å². The van der Waals surface area contributed by atoms with Crippen molar-refractivity contribution in [3.63, 3.8) is 0 Å². The van der Waals surface area contributed by atoms with Gasteiger partial charge in [-0.3, -0.25) is 14.9 Å². The number of rotatable bonds is 3. The molecule has 0 radical (unpaired) electrons. The van der Waals surface area contributed by atoms with Crippen LogP contribution in [0.4, 0.5) is 5.69 Å². The fraction of sp³-hybridized carbons (Fsp3) is 0.417. The van der Waals surface area contributed by atoms with Crippen LogP contribution in [0.1, 0.15) is 10.4 Å². The first-order valence-electron chi connectivity index (χ1n) is 5.98. The molecule has 2 rings (SSSR count). The van der Waals surface area contributed by atoms with Crippen LogP contribution in [0.5, 0.6) is 0 Å². The second kappa shape index (κ2) is 6.17. The van der Waals surface area contributed by atoms with E-state index in [2.05, 4.69) is 0 Å². The zero-order chi connectivity index (χ0) is 14.7. The Morgan fingerprint density at radius 3 is 3.00 bits per heavy atom. The number of amides is 1. The molecule has 0 bridgehead atoms. The molecule has 0 saturated carbocycles. The summed E-state index contributed by atoms with van der Waals surface area (Å²) < 4.78 is 5.19. The van der Waals surface area contributed by atoms with E-state index in [9.17, 15) is 20.0 Å². The van der Waals surface area contributed by atoms with Crippen LogP contribution < -0.4 is 0 Å². The van der Waals surface area contributed by atoms with Crippen molar-refractivity contribution in [3.05, 3.63) is 38.9 Å². The van der Waals surface area contributed by atoms with E-state index in [1.165, 1.54) is 23.1 Å². The maximum Gasteiger partial charge on any atom is 0.288 e. The van der Waals surface area contributed by atoms with Crippen LogP contribution in [-0.4, -0.2) is 53.2 Å². The molecule has 20 heavy (non-hydrogen) atoms. The zero-order valence-electron chi connectivity index (χ0n) is 10.5. The molecule has 1 fully saturated rings.